The molecule has 0 spiro atoms. The molecule has 0 unspecified atom stereocenters. The summed E-state index contributed by atoms with van der Waals surface area (Å²) in [4.78, 5) is 2.69. The lowest BCUT2D eigenvalue weighted by atomic mass is 9.82. The predicted octanol–water partition coefficient (Wildman–Crippen LogP) is 4.84. The fourth-order valence-electron chi connectivity index (χ4n) is 4.11. The molecule has 0 saturated heterocycles. The van der Waals surface area contributed by atoms with Gasteiger partial charge in [-0.2, -0.15) is 0 Å². The van der Waals surface area contributed by atoms with Gasteiger partial charge in [0.05, 0.1) is 0 Å². The molecule has 0 aromatic carbocycles. The minimum atomic E-state index is 0.594. The normalized spacial score (nSPS) is 32.0. The summed E-state index contributed by atoms with van der Waals surface area (Å²) in [6.45, 7) is 3.67. The molecule has 0 radical (unpaired) electrons. The highest BCUT2D eigenvalue weighted by Gasteiger charge is 2.35. The first-order valence-electron chi connectivity index (χ1n) is 7.95. The van der Waals surface area contributed by atoms with Crippen molar-refractivity contribution in [3.05, 3.63) is 0 Å². The minimum absolute atomic E-state index is 0.594. The molecule has 0 heterocycles. The van der Waals surface area contributed by atoms with Crippen molar-refractivity contribution in [2.75, 3.05) is 18.9 Å². The van der Waals surface area contributed by atoms with Gasteiger partial charge in [-0.1, -0.05) is 42.1 Å². The van der Waals surface area contributed by atoms with Gasteiger partial charge in [0.1, 0.15) is 0 Å². The summed E-state index contributed by atoms with van der Waals surface area (Å²) in [7, 11) is 2.37. The molecular weight excluding hydrogens is 286 g/mol. The van der Waals surface area contributed by atoms with Crippen molar-refractivity contribution in [2.24, 2.45) is 11.3 Å². The summed E-state index contributed by atoms with van der Waals surface area (Å²) in [5, 5.41) is 1.20. The minimum Gasteiger partial charge on any atom is -0.303 e. The highest BCUT2D eigenvalue weighted by molar-refractivity contribution is 9.09. The first-order valence-corrected chi connectivity index (χ1v) is 9.07. The van der Waals surface area contributed by atoms with Gasteiger partial charge in [-0.3, -0.25) is 0 Å². The third-order valence-corrected chi connectivity index (χ3v) is 6.74. The molecule has 2 fully saturated rings. The highest BCUT2D eigenvalue weighted by atomic mass is 79.9. The van der Waals surface area contributed by atoms with Crippen LogP contribution in [0, 0.1) is 11.3 Å². The van der Waals surface area contributed by atoms with E-state index in [-0.39, 0.29) is 0 Å². The lowest BCUT2D eigenvalue weighted by Crippen LogP contribution is -2.42. The van der Waals surface area contributed by atoms with Crippen LogP contribution in [0.2, 0.25) is 0 Å². The predicted molar refractivity (Wildman–Crippen MR) is 83.4 cm³/mol. The Hall–Kier alpha value is 0.440. The first-order chi connectivity index (χ1) is 8.69. The number of nitrogens with zero attached hydrogens (tertiary/aromatic N) is 1. The fourth-order valence-corrected chi connectivity index (χ4v) is 4.85. The number of halogens is 1. The summed E-state index contributed by atoms with van der Waals surface area (Å²) in [6.07, 6.45) is 13.0. The van der Waals surface area contributed by atoms with Gasteiger partial charge < -0.3 is 4.90 Å². The SMILES string of the molecule is CCC1CCC(N(C)CC2(CBr)CCCC2)CC1. The monoisotopic (exact) mass is 315 g/mol. The maximum Gasteiger partial charge on any atom is 0.0100 e. The molecule has 0 bridgehead atoms. The van der Waals surface area contributed by atoms with Crippen molar-refractivity contribution in [3.63, 3.8) is 0 Å². The van der Waals surface area contributed by atoms with Crippen LogP contribution in [0.4, 0.5) is 0 Å². The largest absolute Gasteiger partial charge is 0.303 e. The van der Waals surface area contributed by atoms with E-state index in [0.717, 1.165) is 12.0 Å². The molecule has 0 atom stereocenters. The van der Waals surface area contributed by atoms with E-state index in [4.69, 9.17) is 0 Å². The molecular formula is C16H30BrN. The van der Waals surface area contributed by atoms with Crippen LogP contribution in [-0.2, 0) is 0 Å². The Morgan fingerprint density at radius 3 is 2.22 bits per heavy atom. The smallest absolute Gasteiger partial charge is 0.0100 e. The highest BCUT2D eigenvalue weighted by Crippen LogP contribution is 2.41. The van der Waals surface area contributed by atoms with Gasteiger partial charge in [-0.15, -0.1) is 0 Å². The van der Waals surface area contributed by atoms with E-state index in [1.54, 1.807) is 0 Å². The van der Waals surface area contributed by atoms with E-state index in [9.17, 15) is 0 Å². The van der Waals surface area contributed by atoms with Crippen molar-refractivity contribution in [1.82, 2.24) is 4.90 Å². The maximum absolute atomic E-state index is 3.78. The van der Waals surface area contributed by atoms with Crippen LogP contribution < -0.4 is 0 Å². The van der Waals surface area contributed by atoms with Crippen LogP contribution in [0.3, 0.4) is 0 Å². The second-order valence-corrected chi connectivity index (χ2v) is 7.40. The van der Waals surface area contributed by atoms with Gasteiger partial charge in [0, 0.05) is 17.9 Å². The summed E-state index contributed by atoms with van der Waals surface area (Å²) in [5.74, 6) is 1.02. The Kier molecular flexibility index (Phi) is 5.56. The van der Waals surface area contributed by atoms with E-state index in [1.807, 2.05) is 0 Å². The lowest BCUT2D eigenvalue weighted by molar-refractivity contribution is 0.114. The number of hydrogen-bond donors (Lipinski definition) is 0. The van der Waals surface area contributed by atoms with Crippen molar-refractivity contribution < 1.29 is 0 Å². The van der Waals surface area contributed by atoms with Gasteiger partial charge in [-0.05, 0) is 56.9 Å². The first kappa shape index (κ1) is 14.8. The number of alkyl halides is 1. The van der Waals surface area contributed by atoms with Crippen LogP contribution >= 0.6 is 15.9 Å². The second kappa shape index (κ2) is 6.74. The van der Waals surface area contributed by atoms with E-state index >= 15 is 0 Å². The fraction of sp³-hybridized carbons (Fsp3) is 1.00. The molecule has 2 saturated carbocycles. The molecule has 1 nitrogen and oxygen atoms in total. The zero-order valence-electron chi connectivity index (χ0n) is 12.3. The molecule has 2 aliphatic carbocycles. The molecule has 0 N–H and O–H groups in total. The van der Waals surface area contributed by atoms with Gasteiger partial charge >= 0.3 is 0 Å². The van der Waals surface area contributed by atoms with Crippen molar-refractivity contribution >= 4 is 15.9 Å². The Bertz CT molecular complexity index is 239. The molecule has 2 aliphatic rings. The third kappa shape index (κ3) is 3.50. The second-order valence-electron chi connectivity index (χ2n) is 6.84. The molecule has 0 aromatic rings. The summed E-state index contributed by atoms with van der Waals surface area (Å²) < 4.78 is 0. The Balaban J connectivity index is 1.82. The van der Waals surface area contributed by atoms with Crippen LogP contribution in [-0.4, -0.2) is 29.9 Å². The summed E-state index contributed by atoms with van der Waals surface area (Å²) >= 11 is 3.78. The van der Waals surface area contributed by atoms with Gasteiger partial charge in [0.15, 0.2) is 0 Å². The van der Waals surface area contributed by atoms with Crippen molar-refractivity contribution in [2.45, 2.75) is 70.8 Å². The Morgan fingerprint density at radius 1 is 1.11 bits per heavy atom. The van der Waals surface area contributed by atoms with E-state index in [1.165, 1.54) is 69.7 Å². The maximum atomic E-state index is 3.78. The average Bonchev–Trinajstić information content (AvgIpc) is 2.88. The van der Waals surface area contributed by atoms with Crippen LogP contribution in [0.25, 0.3) is 0 Å². The van der Waals surface area contributed by atoms with E-state index in [0.29, 0.717) is 5.41 Å². The average molecular weight is 316 g/mol. The molecule has 2 rings (SSSR count). The summed E-state index contributed by atoms with van der Waals surface area (Å²) in [5.41, 5.74) is 0.594. The zero-order chi connectivity index (χ0) is 13.0. The molecule has 106 valence electrons. The van der Waals surface area contributed by atoms with Gasteiger partial charge in [0.2, 0.25) is 0 Å². The van der Waals surface area contributed by atoms with Crippen LogP contribution in [0.15, 0.2) is 0 Å². The molecule has 2 heteroatoms. The zero-order valence-corrected chi connectivity index (χ0v) is 13.8. The molecule has 0 aliphatic heterocycles. The topological polar surface area (TPSA) is 3.24 Å². The van der Waals surface area contributed by atoms with Crippen molar-refractivity contribution in [3.8, 4) is 0 Å². The van der Waals surface area contributed by atoms with Crippen LogP contribution in [0.5, 0.6) is 0 Å². The number of hydrogen-bond acceptors (Lipinski definition) is 1. The van der Waals surface area contributed by atoms with Crippen LogP contribution in [0.1, 0.15) is 64.7 Å². The molecule has 0 aromatic heterocycles. The van der Waals surface area contributed by atoms with Gasteiger partial charge in [0.25, 0.3) is 0 Å². The Morgan fingerprint density at radius 2 is 1.72 bits per heavy atom. The van der Waals surface area contributed by atoms with E-state index in [2.05, 4.69) is 34.8 Å². The Labute approximate surface area is 122 Å². The quantitative estimate of drug-likeness (QED) is 0.656. The molecule has 18 heavy (non-hydrogen) atoms. The third-order valence-electron chi connectivity index (χ3n) is 5.55. The molecule has 0 amide bonds. The summed E-state index contributed by atoms with van der Waals surface area (Å²) in [6, 6.07) is 0.865. The standard InChI is InChI=1S/C16H30BrN/c1-3-14-6-8-15(9-7-14)18(2)13-16(12-17)10-4-5-11-16/h14-15H,3-13H2,1-2H3. The van der Waals surface area contributed by atoms with Crippen molar-refractivity contribution in [1.29, 1.82) is 0 Å². The number of rotatable bonds is 5. The van der Waals surface area contributed by atoms with E-state index < -0.39 is 0 Å². The lowest BCUT2D eigenvalue weighted by Gasteiger charge is -2.39. The van der Waals surface area contributed by atoms with Gasteiger partial charge in [-0.25, -0.2) is 0 Å².